The largest absolute Gasteiger partial charge is 0.373 e. The van der Waals surface area contributed by atoms with Crippen molar-refractivity contribution in [2.24, 2.45) is 22.7 Å². The Kier molecular flexibility index (Phi) is 14.8. The maximum absolute atomic E-state index is 13.1. The van der Waals surface area contributed by atoms with Crippen LogP contribution in [0.1, 0.15) is 115 Å². The summed E-state index contributed by atoms with van der Waals surface area (Å²) in [5, 5.41) is 8.35. The van der Waals surface area contributed by atoms with Crippen molar-refractivity contribution in [2.45, 2.75) is 139 Å². The number of hydrogen-bond acceptors (Lipinski definition) is 7. The molecule has 11 nitrogen and oxygen atoms in total. The van der Waals surface area contributed by atoms with Gasteiger partial charge in [-0.15, -0.1) is 0 Å². The monoisotopic (exact) mass is 700 g/mol. The zero-order valence-corrected chi connectivity index (χ0v) is 32.9. The van der Waals surface area contributed by atoms with E-state index in [4.69, 9.17) is 9.47 Å². The zero-order chi connectivity index (χ0) is 38.2. The molecule has 0 aliphatic carbocycles. The van der Waals surface area contributed by atoms with Crippen LogP contribution in [-0.2, 0) is 39.9 Å². The number of carbonyl (C=O) groups excluding carboxylic acids is 5. The molecule has 0 bridgehead atoms. The van der Waals surface area contributed by atoms with Crippen LogP contribution in [0, 0.1) is 22.7 Å². The van der Waals surface area contributed by atoms with Crippen LogP contribution in [0.25, 0.3) is 0 Å². The Labute approximate surface area is 300 Å². The summed E-state index contributed by atoms with van der Waals surface area (Å²) in [7, 11) is 0. The van der Waals surface area contributed by atoms with Gasteiger partial charge in [-0.1, -0.05) is 67.5 Å². The summed E-state index contributed by atoms with van der Waals surface area (Å²) >= 11 is 0. The van der Waals surface area contributed by atoms with E-state index < -0.39 is 29.2 Å². The second kappa shape index (κ2) is 17.3. The van der Waals surface area contributed by atoms with Gasteiger partial charge >= 0.3 is 0 Å². The molecule has 1 heterocycles. The van der Waals surface area contributed by atoms with Crippen molar-refractivity contribution in [3.05, 3.63) is 29.8 Å². The molecule has 0 spiro atoms. The van der Waals surface area contributed by atoms with Crippen LogP contribution in [0.3, 0.4) is 0 Å². The molecule has 0 radical (unpaired) electrons. The highest BCUT2D eigenvalue weighted by Crippen LogP contribution is 2.36. The molecule has 0 saturated carbocycles. The van der Waals surface area contributed by atoms with E-state index in [1.54, 1.807) is 6.92 Å². The van der Waals surface area contributed by atoms with Crippen LogP contribution >= 0.6 is 0 Å². The first-order valence-corrected chi connectivity index (χ1v) is 17.9. The van der Waals surface area contributed by atoms with E-state index in [1.807, 2.05) is 86.6 Å². The van der Waals surface area contributed by atoms with Crippen molar-refractivity contribution in [1.29, 1.82) is 0 Å². The normalized spacial score (nSPS) is 17.2. The number of nitrogens with one attached hydrogen (secondary N) is 3. The fourth-order valence-corrected chi connectivity index (χ4v) is 5.60. The minimum absolute atomic E-state index is 0.0265. The number of ether oxygens (including phenoxy) is 2. The van der Waals surface area contributed by atoms with E-state index in [0.717, 1.165) is 6.42 Å². The molecule has 0 aromatic heterocycles. The number of nitrogens with zero attached hydrogens (tertiary/aromatic N) is 1. The van der Waals surface area contributed by atoms with Gasteiger partial charge in [0.25, 0.3) is 0 Å². The molecule has 282 valence electrons. The molecule has 5 amide bonds. The van der Waals surface area contributed by atoms with Crippen LogP contribution in [-0.4, -0.2) is 77.5 Å². The van der Waals surface area contributed by atoms with Crippen molar-refractivity contribution >= 4 is 35.2 Å². The van der Waals surface area contributed by atoms with Gasteiger partial charge in [-0.25, -0.2) is 0 Å². The van der Waals surface area contributed by atoms with Gasteiger partial charge < -0.3 is 25.4 Å². The Balaban J connectivity index is 1.80. The van der Waals surface area contributed by atoms with E-state index in [1.165, 1.54) is 10.5 Å². The van der Waals surface area contributed by atoms with Crippen LogP contribution in [0.4, 0.5) is 5.69 Å². The molecule has 1 aromatic rings. The molecule has 2 unspecified atom stereocenters. The highest BCUT2D eigenvalue weighted by molar-refractivity contribution is 6.04. The maximum Gasteiger partial charge on any atom is 0.246 e. The summed E-state index contributed by atoms with van der Waals surface area (Å²) in [6.07, 6.45) is 1.66. The topological polar surface area (TPSA) is 143 Å². The predicted octanol–water partition coefficient (Wildman–Crippen LogP) is 5.65. The van der Waals surface area contributed by atoms with E-state index in [2.05, 4.69) is 36.7 Å². The molecule has 1 fully saturated rings. The third kappa shape index (κ3) is 14.1. The lowest BCUT2D eigenvalue weighted by Gasteiger charge is -2.33. The van der Waals surface area contributed by atoms with Crippen molar-refractivity contribution in [2.75, 3.05) is 25.1 Å². The number of anilines is 1. The fraction of sp³-hybridized carbons (Fsp3) is 0.718. The average molecular weight is 701 g/mol. The van der Waals surface area contributed by atoms with E-state index in [0.29, 0.717) is 18.7 Å². The molecule has 3 atom stereocenters. The molecule has 50 heavy (non-hydrogen) atoms. The number of amides is 5. The summed E-state index contributed by atoms with van der Waals surface area (Å²) in [5.74, 6) is -1.94. The van der Waals surface area contributed by atoms with Gasteiger partial charge in [-0.05, 0) is 81.9 Å². The standard InChI is InChI=1S/C39H64N4O7/c1-25(2)32(34(47)40-26(3)33(46)41-28-16-14-27(15-17-28)23-36(4,5)6)42-30(44)18-21-49-39(12,13)24-50-38(10,11)19-20-43-31(45)22-29(35(43)48)37(7,8)9/h14-17,25-26,29,32H,18-24H2,1-13H3,(H,40,47)(H,41,46)(H,42,44)/t26-,29?,32?/m0/s1. The molecular weight excluding hydrogens is 636 g/mol. The molecule has 1 aliphatic rings. The molecular formula is C39H64N4O7. The lowest BCUT2D eigenvalue weighted by molar-refractivity contribution is -0.144. The van der Waals surface area contributed by atoms with E-state index in [9.17, 15) is 24.0 Å². The molecule has 1 aliphatic heterocycles. The number of hydrogen-bond donors (Lipinski definition) is 3. The summed E-state index contributed by atoms with van der Waals surface area (Å²) in [5.41, 5.74) is 0.353. The Bertz CT molecular complexity index is 1340. The molecule has 11 heteroatoms. The zero-order valence-electron chi connectivity index (χ0n) is 32.9. The summed E-state index contributed by atoms with van der Waals surface area (Å²) in [6.45, 7) is 25.9. The van der Waals surface area contributed by atoms with Crippen LogP contribution in [0.15, 0.2) is 24.3 Å². The fourth-order valence-electron chi connectivity index (χ4n) is 5.60. The number of benzene rings is 1. The molecule has 2 rings (SSSR count). The van der Waals surface area contributed by atoms with E-state index >= 15 is 0 Å². The third-order valence-corrected chi connectivity index (χ3v) is 8.83. The highest BCUT2D eigenvalue weighted by Gasteiger charge is 2.44. The van der Waals surface area contributed by atoms with Crippen molar-refractivity contribution in [3.8, 4) is 0 Å². The first-order chi connectivity index (χ1) is 22.8. The first kappa shape index (κ1) is 42.9. The smallest absolute Gasteiger partial charge is 0.246 e. The minimum atomic E-state index is -0.834. The van der Waals surface area contributed by atoms with Crippen molar-refractivity contribution < 1.29 is 33.4 Å². The third-order valence-electron chi connectivity index (χ3n) is 8.83. The van der Waals surface area contributed by atoms with Gasteiger partial charge in [0.15, 0.2) is 0 Å². The van der Waals surface area contributed by atoms with Gasteiger partial charge in [-0.2, -0.15) is 0 Å². The molecule has 1 saturated heterocycles. The second-order valence-corrected chi connectivity index (χ2v) is 17.6. The van der Waals surface area contributed by atoms with Gasteiger partial charge in [0.2, 0.25) is 29.5 Å². The minimum Gasteiger partial charge on any atom is -0.373 e. The van der Waals surface area contributed by atoms with Crippen LogP contribution in [0.2, 0.25) is 0 Å². The lowest BCUT2D eigenvalue weighted by atomic mass is 9.80. The van der Waals surface area contributed by atoms with Crippen molar-refractivity contribution in [3.63, 3.8) is 0 Å². The average Bonchev–Trinajstić information content (AvgIpc) is 3.27. The van der Waals surface area contributed by atoms with Gasteiger partial charge in [-0.3, -0.25) is 28.9 Å². The van der Waals surface area contributed by atoms with Crippen LogP contribution in [0.5, 0.6) is 0 Å². The summed E-state index contributed by atoms with van der Waals surface area (Å²) in [6, 6.07) is 6.02. The Morgan fingerprint density at radius 3 is 1.96 bits per heavy atom. The second-order valence-electron chi connectivity index (χ2n) is 17.6. The number of rotatable bonds is 17. The number of carbonyl (C=O) groups is 5. The lowest BCUT2D eigenvalue weighted by Crippen LogP contribution is -2.53. The number of imide groups is 1. The Hall–Kier alpha value is -3.31. The van der Waals surface area contributed by atoms with Gasteiger partial charge in [0, 0.05) is 18.7 Å². The Morgan fingerprint density at radius 1 is 0.840 bits per heavy atom. The SMILES string of the molecule is CC(C)C(NC(=O)CCOC(C)(C)COC(C)(C)CCN1C(=O)CC(C(C)(C)C)C1=O)C(=O)N[C@@H](C)C(=O)Nc1ccc(CC(C)(C)C)cc1. The highest BCUT2D eigenvalue weighted by atomic mass is 16.6. The van der Waals surface area contributed by atoms with Crippen LogP contribution < -0.4 is 16.0 Å². The van der Waals surface area contributed by atoms with Gasteiger partial charge in [0.1, 0.15) is 12.1 Å². The molecule has 3 N–H and O–H groups in total. The van der Waals surface area contributed by atoms with Gasteiger partial charge in [0.05, 0.1) is 36.8 Å². The number of likely N-dealkylation sites (tertiary alicyclic amines) is 1. The quantitative estimate of drug-likeness (QED) is 0.178. The Morgan fingerprint density at radius 2 is 1.44 bits per heavy atom. The van der Waals surface area contributed by atoms with Crippen molar-refractivity contribution in [1.82, 2.24) is 15.5 Å². The summed E-state index contributed by atoms with van der Waals surface area (Å²) in [4.78, 5) is 65.5. The first-order valence-electron chi connectivity index (χ1n) is 17.9. The predicted molar refractivity (Wildman–Crippen MR) is 196 cm³/mol. The molecule has 1 aromatic carbocycles. The maximum atomic E-state index is 13.1. The summed E-state index contributed by atoms with van der Waals surface area (Å²) < 4.78 is 12.1. The van der Waals surface area contributed by atoms with E-state index in [-0.39, 0.29) is 72.3 Å².